The molecule has 1 aliphatic heterocycles. The van der Waals surface area contributed by atoms with Crippen molar-refractivity contribution in [3.8, 4) is 5.75 Å². The molecule has 17 heavy (non-hydrogen) atoms. The third-order valence-electron chi connectivity index (χ3n) is 3.17. The fraction of sp³-hybridized carbons (Fsp3) is 0.571. The van der Waals surface area contributed by atoms with Crippen molar-refractivity contribution in [3.63, 3.8) is 0 Å². The van der Waals surface area contributed by atoms with E-state index in [2.05, 4.69) is 17.4 Å². The molecule has 1 aliphatic rings. The van der Waals surface area contributed by atoms with Gasteiger partial charge in [0.25, 0.3) is 0 Å². The lowest BCUT2D eigenvalue weighted by Gasteiger charge is -2.23. The van der Waals surface area contributed by atoms with Crippen LogP contribution < -0.4 is 10.1 Å². The molecule has 3 heteroatoms. The number of methoxy groups -OCH3 is 1. The molecule has 0 bridgehead atoms. The Bertz CT molecular complexity index is 317. The van der Waals surface area contributed by atoms with Gasteiger partial charge in [-0.2, -0.15) is 0 Å². The van der Waals surface area contributed by atoms with Crippen molar-refractivity contribution in [3.05, 3.63) is 29.8 Å². The van der Waals surface area contributed by atoms with Gasteiger partial charge in [0.15, 0.2) is 0 Å². The Hall–Kier alpha value is -1.06. The summed E-state index contributed by atoms with van der Waals surface area (Å²) >= 11 is 0. The zero-order chi connectivity index (χ0) is 11.9. The first-order valence-electron chi connectivity index (χ1n) is 6.32. The third kappa shape index (κ3) is 4.02. The average Bonchev–Trinajstić information content (AvgIpc) is 2.41. The van der Waals surface area contributed by atoms with E-state index in [0.29, 0.717) is 6.04 Å². The number of hydrogen-bond acceptors (Lipinski definition) is 3. The molecule has 1 aromatic rings. The summed E-state index contributed by atoms with van der Waals surface area (Å²) in [6.07, 6.45) is 3.48. The number of nitrogens with one attached hydrogen (secondary N) is 1. The summed E-state index contributed by atoms with van der Waals surface area (Å²) in [5.41, 5.74) is 1.34. The first-order chi connectivity index (χ1) is 8.38. The van der Waals surface area contributed by atoms with Crippen LogP contribution in [0.5, 0.6) is 5.75 Å². The van der Waals surface area contributed by atoms with Gasteiger partial charge in [0, 0.05) is 12.6 Å². The Kier molecular flexibility index (Phi) is 4.83. The van der Waals surface area contributed by atoms with Crippen LogP contribution in [0.2, 0.25) is 0 Å². The largest absolute Gasteiger partial charge is 0.497 e. The highest BCUT2D eigenvalue weighted by Crippen LogP contribution is 2.11. The fourth-order valence-electron chi connectivity index (χ4n) is 2.11. The van der Waals surface area contributed by atoms with Crippen LogP contribution in [-0.2, 0) is 11.2 Å². The minimum absolute atomic E-state index is 0.544. The number of hydrogen-bond donors (Lipinski definition) is 1. The number of benzene rings is 1. The molecule has 0 radical (unpaired) electrons. The lowest BCUT2D eigenvalue weighted by molar-refractivity contribution is 0.0707. The van der Waals surface area contributed by atoms with E-state index in [-0.39, 0.29) is 0 Å². The van der Waals surface area contributed by atoms with Gasteiger partial charge < -0.3 is 14.8 Å². The predicted octanol–water partition coefficient (Wildman–Crippen LogP) is 2.01. The number of rotatable bonds is 5. The molecule has 1 unspecified atom stereocenters. The fourth-order valence-corrected chi connectivity index (χ4v) is 2.11. The van der Waals surface area contributed by atoms with Crippen LogP contribution in [0.3, 0.4) is 0 Å². The molecular formula is C14H21NO2. The van der Waals surface area contributed by atoms with Crippen molar-refractivity contribution in [2.45, 2.75) is 25.3 Å². The molecule has 3 nitrogen and oxygen atoms in total. The molecule has 1 fully saturated rings. The molecule has 0 spiro atoms. The monoisotopic (exact) mass is 235 g/mol. The summed E-state index contributed by atoms with van der Waals surface area (Å²) in [7, 11) is 1.69. The second-order valence-corrected chi connectivity index (χ2v) is 4.47. The van der Waals surface area contributed by atoms with Crippen LogP contribution in [0.4, 0.5) is 0 Å². The Morgan fingerprint density at radius 1 is 1.35 bits per heavy atom. The molecule has 1 aromatic carbocycles. The van der Waals surface area contributed by atoms with E-state index >= 15 is 0 Å². The maximum Gasteiger partial charge on any atom is 0.118 e. The summed E-state index contributed by atoms with van der Waals surface area (Å²) in [6.45, 7) is 2.81. The van der Waals surface area contributed by atoms with Gasteiger partial charge >= 0.3 is 0 Å². The molecule has 94 valence electrons. The Morgan fingerprint density at radius 3 is 2.82 bits per heavy atom. The molecule has 1 heterocycles. The molecule has 1 saturated heterocycles. The lowest BCUT2D eigenvalue weighted by atomic mass is 10.1. The van der Waals surface area contributed by atoms with E-state index in [4.69, 9.17) is 9.47 Å². The maximum atomic E-state index is 5.44. The summed E-state index contributed by atoms with van der Waals surface area (Å²) in [4.78, 5) is 0. The smallest absolute Gasteiger partial charge is 0.118 e. The highest BCUT2D eigenvalue weighted by Gasteiger charge is 2.12. The van der Waals surface area contributed by atoms with Gasteiger partial charge in [0.2, 0.25) is 0 Å². The van der Waals surface area contributed by atoms with Crippen molar-refractivity contribution in [2.24, 2.45) is 0 Å². The zero-order valence-corrected chi connectivity index (χ0v) is 10.4. The van der Waals surface area contributed by atoms with Crippen LogP contribution in [-0.4, -0.2) is 32.9 Å². The van der Waals surface area contributed by atoms with Crippen molar-refractivity contribution in [2.75, 3.05) is 26.9 Å². The second kappa shape index (κ2) is 6.62. The topological polar surface area (TPSA) is 30.5 Å². The van der Waals surface area contributed by atoms with Crippen LogP contribution in [0, 0.1) is 0 Å². The third-order valence-corrected chi connectivity index (χ3v) is 3.17. The normalized spacial score (nSPS) is 20.2. The van der Waals surface area contributed by atoms with Crippen molar-refractivity contribution in [1.82, 2.24) is 5.32 Å². The molecule has 0 aliphatic carbocycles. The second-order valence-electron chi connectivity index (χ2n) is 4.47. The molecule has 0 aromatic heterocycles. The van der Waals surface area contributed by atoms with Crippen LogP contribution in [0.25, 0.3) is 0 Å². The molecular weight excluding hydrogens is 214 g/mol. The minimum Gasteiger partial charge on any atom is -0.497 e. The molecule has 1 atom stereocenters. The van der Waals surface area contributed by atoms with Crippen LogP contribution in [0.15, 0.2) is 24.3 Å². The summed E-state index contributed by atoms with van der Waals surface area (Å²) < 4.78 is 10.6. The predicted molar refractivity (Wildman–Crippen MR) is 68.5 cm³/mol. The molecule has 0 saturated carbocycles. The van der Waals surface area contributed by atoms with Crippen LogP contribution in [0.1, 0.15) is 18.4 Å². The van der Waals surface area contributed by atoms with Gasteiger partial charge in [-0.25, -0.2) is 0 Å². The van der Waals surface area contributed by atoms with E-state index in [0.717, 1.165) is 31.9 Å². The van der Waals surface area contributed by atoms with E-state index < -0.39 is 0 Å². The summed E-state index contributed by atoms with van der Waals surface area (Å²) in [5, 5.41) is 3.54. The van der Waals surface area contributed by atoms with Gasteiger partial charge in [-0.05, 0) is 43.5 Å². The Balaban J connectivity index is 1.69. The summed E-state index contributed by atoms with van der Waals surface area (Å²) in [6, 6.07) is 8.82. The Morgan fingerprint density at radius 2 is 2.18 bits per heavy atom. The van der Waals surface area contributed by atoms with Gasteiger partial charge in [0.05, 0.1) is 13.7 Å². The van der Waals surface area contributed by atoms with Crippen molar-refractivity contribution >= 4 is 0 Å². The van der Waals surface area contributed by atoms with E-state index in [1.54, 1.807) is 7.11 Å². The highest BCUT2D eigenvalue weighted by molar-refractivity contribution is 5.27. The average molecular weight is 235 g/mol. The standard InChI is InChI=1S/C14H21NO2/c1-16-14-6-4-12(5-7-14)8-9-15-13-3-2-10-17-11-13/h4-7,13,15H,2-3,8-11H2,1H3. The Labute approximate surface area is 103 Å². The summed E-state index contributed by atoms with van der Waals surface area (Å²) in [5.74, 6) is 0.919. The van der Waals surface area contributed by atoms with Gasteiger partial charge in [-0.15, -0.1) is 0 Å². The first kappa shape index (κ1) is 12.4. The lowest BCUT2D eigenvalue weighted by Crippen LogP contribution is -2.37. The van der Waals surface area contributed by atoms with E-state index in [1.807, 2.05) is 12.1 Å². The highest BCUT2D eigenvalue weighted by atomic mass is 16.5. The van der Waals surface area contributed by atoms with Crippen molar-refractivity contribution < 1.29 is 9.47 Å². The number of ether oxygens (including phenoxy) is 2. The van der Waals surface area contributed by atoms with Crippen molar-refractivity contribution in [1.29, 1.82) is 0 Å². The van der Waals surface area contributed by atoms with E-state index in [9.17, 15) is 0 Å². The molecule has 1 N–H and O–H groups in total. The first-order valence-corrected chi connectivity index (χ1v) is 6.32. The maximum absolute atomic E-state index is 5.44. The zero-order valence-electron chi connectivity index (χ0n) is 10.4. The SMILES string of the molecule is COc1ccc(CCNC2CCCOC2)cc1. The van der Waals surface area contributed by atoms with Gasteiger partial charge in [0.1, 0.15) is 5.75 Å². The van der Waals surface area contributed by atoms with Gasteiger partial charge in [-0.1, -0.05) is 12.1 Å². The van der Waals surface area contributed by atoms with Crippen LogP contribution >= 0.6 is 0 Å². The quantitative estimate of drug-likeness (QED) is 0.847. The molecule has 0 amide bonds. The van der Waals surface area contributed by atoms with Gasteiger partial charge in [-0.3, -0.25) is 0 Å². The van der Waals surface area contributed by atoms with E-state index in [1.165, 1.54) is 18.4 Å². The minimum atomic E-state index is 0.544. The molecule has 2 rings (SSSR count).